The molecule has 4 nitrogen and oxygen atoms in total. The summed E-state index contributed by atoms with van der Waals surface area (Å²) in [6.07, 6.45) is 4.67. The number of rotatable bonds is 9. The van der Waals surface area contributed by atoms with E-state index in [0.717, 1.165) is 32.1 Å². The Morgan fingerprint density at radius 3 is 2.52 bits per heavy atom. The summed E-state index contributed by atoms with van der Waals surface area (Å²) in [6, 6.07) is 4.82. The van der Waals surface area contributed by atoms with Crippen LogP contribution in [0, 0.1) is 0 Å². The molecule has 0 saturated carbocycles. The highest BCUT2D eigenvalue weighted by atomic mass is 79.9. The fourth-order valence-corrected chi connectivity index (χ4v) is 4.51. The normalized spacial score (nSPS) is 13.3. The zero-order chi connectivity index (χ0) is 15.9. The summed E-state index contributed by atoms with van der Waals surface area (Å²) in [6.45, 7) is 3.97. The lowest BCUT2D eigenvalue weighted by molar-refractivity contribution is 0.281. The molecule has 0 saturated heterocycles. The third kappa shape index (κ3) is 5.70. The third-order valence-corrected chi connectivity index (χ3v) is 5.85. The van der Waals surface area contributed by atoms with Gasteiger partial charge in [-0.2, -0.15) is 0 Å². The lowest BCUT2D eigenvalue weighted by atomic mass is 10.1. The van der Waals surface area contributed by atoms with Crippen molar-refractivity contribution >= 4 is 26.0 Å². The number of nitrogens with one attached hydrogen (secondary N) is 1. The summed E-state index contributed by atoms with van der Waals surface area (Å²) in [5, 5.41) is 9.17. The SMILES string of the molecule is CCCCC(CCC)NS(=O)(=O)c1cc(CO)ccc1Br. The summed E-state index contributed by atoms with van der Waals surface area (Å²) in [5.74, 6) is 0. The predicted octanol–water partition coefficient (Wildman–Crippen LogP) is 3.58. The van der Waals surface area contributed by atoms with Crippen molar-refractivity contribution in [3.8, 4) is 0 Å². The number of hydrogen-bond acceptors (Lipinski definition) is 3. The minimum atomic E-state index is -3.58. The Hall–Kier alpha value is -0.430. The minimum Gasteiger partial charge on any atom is -0.392 e. The summed E-state index contributed by atoms with van der Waals surface area (Å²) in [4.78, 5) is 0.187. The maximum atomic E-state index is 12.5. The van der Waals surface area contributed by atoms with Gasteiger partial charge in [-0.25, -0.2) is 13.1 Å². The average Bonchev–Trinajstić information content (AvgIpc) is 2.45. The van der Waals surface area contributed by atoms with E-state index in [-0.39, 0.29) is 17.5 Å². The first-order chi connectivity index (χ1) is 9.94. The van der Waals surface area contributed by atoms with E-state index >= 15 is 0 Å². The highest BCUT2D eigenvalue weighted by Gasteiger charge is 2.22. The van der Waals surface area contributed by atoms with Crippen molar-refractivity contribution in [3.63, 3.8) is 0 Å². The van der Waals surface area contributed by atoms with Crippen LogP contribution in [0.3, 0.4) is 0 Å². The van der Waals surface area contributed by atoms with E-state index < -0.39 is 10.0 Å². The van der Waals surface area contributed by atoms with Gasteiger partial charge >= 0.3 is 0 Å². The summed E-state index contributed by atoms with van der Waals surface area (Å²) < 4.78 is 28.4. The monoisotopic (exact) mass is 377 g/mol. The van der Waals surface area contributed by atoms with E-state index in [0.29, 0.717) is 10.0 Å². The molecule has 1 unspecified atom stereocenters. The van der Waals surface area contributed by atoms with Gasteiger partial charge in [0, 0.05) is 10.5 Å². The summed E-state index contributed by atoms with van der Waals surface area (Å²) in [7, 11) is -3.58. The molecular formula is C15H24BrNO3S. The van der Waals surface area contributed by atoms with Gasteiger partial charge in [0.1, 0.15) is 0 Å². The second-order valence-electron chi connectivity index (χ2n) is 5.17. The highest BCUT2D eigenvalue weighted by molar-refractivity contribution is 9.10. The number of unbranched alkanes of at least 4 members (excludes halogenated alkanes) is 1. The molecule has 21 heavy (non-hydrogen) atoms. The molecule has 0 aromatic heterocycles. The quantitative estimate of drug-likeness (QED) is 0.690. The van der Waals surface area contributed by atoms with E-state index in [1.807, 2.05) is 0 Å². The third-order valence-electron chi connectivity index (χ3n) is 3.33. The molecule has 1 aromatic rings. The molecule has 1 aromatic carbocycles. The fraction of sp³-hybridized carbons (Fsp3) is 0.600. The number of hydrogen-bond donors (Lipinski definition) is 2. The van der Waals surface area contributed by atoms with Gasteiger partial charge in [0.2, 0.25) is 10.0 Å². The maximum Gasteiger partial charge on any atom is 0.241 e. The Morgan fingerprint density at radius 1 is 1.24 bits per heavy atom. The second-order valence-corrected chi connectivity index (χ2v) is 7.71. The van der Waals surface area contributed by atoms with E-state index in [4.69, 9.17) is 0 Å². The van der Waals surface area contributed by atoms with Crippen LogP contribution in [0.1, 0.15) is 51.5 Å². The van der Waals surface area contributed by atoms with Gasteiger partial charge < -0.3 is 5.11 Å². The Bertz CT molecular complexity index is 546. The van der Waals surface area contributed by atoms with Crippen molar-refractivity contribution in [1.82, 2.24) is 4.72 Å². The van der Waals surface area contributed by atoms with Crippen molar-refractivity contribution in [1.29, 1.82) is 0 Å². The van der Waals surface area contributed by atoms with Gasteiger partial charge in [-0.1, -0.05) is 39.2 Å². The fourth-order valence-electron chi connectivity index (χ4n) is 2.20. The molecule has 0 heterocycles. The van der Waals surface area contributed by atoms with E-state index in [1.165, 1.54) is 6.07 Å². The molecule has 0 spiro atoms. The lowest BCUT2D eigenvalue weighted by Crippen LogP contribution is -2.35. The first-order valence-corrected chi connectivity index (χ1v) is 9.63. The van der Waals surface area contributed by atoms with E-state index in [2.05, 4.69) is 34.5 Å². The zero-order valence-corrected chi connectivity index (χ0v) is 15.0. The number of aliphatic hydroxyl groups is 1. The molecule has 0 bridgehead atoms. The largest absolute Gasteiger partial charge is 0.392 e. The second kappa shape index (κ2) is 8.88. The van der Waals surface area contributed by atoms with Crippen molar-refractivity contribution in [2.24, 2.45) is 0 Å². The van der Waals surface area contributed by atoms with Gasteiger partial charge in [0.15, 0.2) is 0 Å². The summed E-state index contributed by atoms with van der Waals surface area (Å²) >= 11 is 3.28. The standard InChI is InChI=1S/C15H24BrNO3S/c1-3-5-7-13(6-4-2)17-21(19,20)15-10-12(11-18)8-9-14(15)16/h8-10,13,17-18H,3-7,11H2,1-2H3. The maximum absolute atomic E-state index is 12.5. The highest BCUT2D eigenvalue weighted by Crippen LogP contribution is 2.24. The van der Waals surface area contributed by atoms with Gasteiger partial charge in [-0.05, 0) is 46.5 Å². The number of sulfonamides is 1. The predicted molar refractivity (Wildman–Crippen MR) is 88.6 cm³/mol. The summed E-state index contributed by atoms with van der Waals surface area (Å²) in [5.41, 5.74) is 0.583. The van der Waals surface area contributed by atoms with Crippen LogP contribution in [0.25, 0.3) is 0 Å². The molecule has 0 radical (unpaired) electrons. The van der Waals surface area contributed by atoms with Crippen LogP contribution in [0.4, 0.5) is 0 Å². The molecule has 6 heteroatoms. The molecule has 0 amide bonds. The molecule has 0 aliphatic heterocycles. The molecule has 120 valence electrons. The van der Waals surface area contributed by atoms with Gasteiger partial charge in [0.25, 0.3) is 0 Å². The van der Waals surface area contributed by atoms with Crippen LogP contribution >= 0.6 is 15.9 Å². The van der Waals surface area contributed by atoms with Crippen LogP contribution < -0.4 is 4.72 Å². The van der Waals surface area contributed by atoms with Crippen LogP contribution in [-0.2, 0) is 16.6 Å². The Morgan fingerprint density at radius 2 is 1.95 bits per heavy atom. The molecule has 0 fully saturated rings. The Kier molecular flexibility index (Phi) is 7.87. The van der Waals surface area contributed by atoms with Crippen LogP contribution in [0.5, 0.6) is 0 Å². The number of aliphatic hydroxyl groups excluding tert-OH is 1. The molecule has 2 N–H and O–H groups in total. The Balaban J connectivity index is 2.98. The Labute approximate surface area is 136 Å². The van der Waals surface area contributed by atoms with Crippen molar-refractivity contribution < 1.29 is 13.5 Å². The minimum absolute atomic E-state index is 0.0374. The van der Waals surface area contributed by atoms with Crippen molar-refractivity contribution in [3.05, 3.63) is 28.2 Å². The smallest absolute Gasteiger partial charge is 0.241 e. The number of halogens is 1. The van der Waals surface area contributed by atoms with Crippen molar-refractivity contribution in [2.75, 3.05) is 0 Å². The van der Waals surface area contributed by atoms with Crippen molar-refractivity contribution in [2.45, 2.75) is 63.5 Å². The van der Waals surface area contributed by atoms with Crippen LogP contribution in [0.15, 0.2) is 27.6 Å². The van der Waals surface area contributed by atoms with Gasteiger partial charge in [0.05, 0.1) is 11.5 Å². The molecule has 0 aliphatic carbocycles. The van der Waals surface area contributed by atoms with Gasteiger partial charge in [-0.15, -0.1) is 0 Å². The molecular weight excluding hydrogens is 354 g/mol. The lowest BCUT2D eigenvalue weighted by Gasteiger charge is -2.18. The zero-order valence-electron chi connectivity index (χ0n) is 12.6. The molecule has 1 atom stereocenters. The van der Waals surface area contributed by atoms with Crippen LogP contribution in [0.2, 0.25) is 0 Å². The first kappa shape index (κ1) is 18.6. The first-order valence-electron chi connectivity index (χ1n) is 7.36. The topological polar surface area (TPSA) is 66.4 Å². The average molecular weight is 378 g/mol. The molecule has 1 rings (SSSR count). The van der Waals surface area contributed by atoms with Gasteiger partial charge in [-0.3, -0.25) is 0 Å². The number of benzene rings is 1. The van der Waals surface area contributed by atoms with Crippen LogP contribution in [-0.4, -0.2) is 19.6 Å². The molecule has 0 aliphatic rings. The van der Waals surface area contributed by atoms with E-state index in [9.17, 15) is 13.5 Å². The van der Waals surface area contributed by atoms with E-state index in [1.54, 1.807) is 12.1 Å².